The number of methoxy groups -OCH3 is 1. The molecule has 3 aromatic rings. The number of fused-ring (bicyclic) bond motifs is 1. The molecule has 18 heteroatoms. The summed E-state index contributed by atoms with van der Waals surface area (Å²) in [5.74, 6) is -1.68. The van der Waals surface area contributed by atoms with E-state index in [2.05, 4.69) is 48.3 Å². The lowest BCUT2D eigenvalue weighted by molar-refractivity contribution is -0.154. The molecule has 16 nitrogen and oxygen atoms in total. The van der Waals surface area contributed by atoms with Crippen molar-refractivity contribution < 1.29 is 43.0 Å². The lowest BCUT2D eigenvalue weighted by atomic mass is 10.0. The Morgan fingerprint density at radius 2 is 1.84 bits per heavy atom. The van der Waals surface area contributed by atoms with Gasteiger partial charge in [0.05, 0.1) is 13.5 Å². The Morgan fingerprint density at radius 3 is 2.45 bits per heavy atom. The molecule has 3 N–H and O–H groups in total. The molecule has 1 saturated heterocycles. The van der Waals surface area contributed by atoms with E-state index in [0.29, 0.717) is 21.6 Å². The molecule has 0 bridgehead atoms. The highest BCUT2D eigenvalue weighted by Crippen LogP contribution is 2.41. The van der Waals surface area contributed by atoms with Crippen molar-refractivity contribution in [2.45, 2.75) is 64.7 Å². The standard InChI is InChI=1S/C26H32IN3O8S.C12H10N4O/c1-6-37-29-18(11-19(31)38-26(2,3)4)22(32)28-20-23(33)30-21(16(12-27)14-39-24(20)30)25(34)36-13-15-7-9-17(35-5)10-8-15;1-8-10(9-2-4-14-5-3-9)6-15-11(8)12(17)16-7-13/h7-10,20,24H,6,11-14H2,1-5H3,(H,28,32);2-6,15H,1H3,(H,16,17)/b29-18+;. The second-order valence-electron chi connectivity index (χ2n) is 13.1. The minimum absolute atomic E-state index is 0.0305. The van der Waals surface area contributed by atoms with Crippen LogP contribution in [0.15, 0.2) is 71.4 Å². The molecule has 3 amide bonds. The van der Waals surface area contributed by atoms with Crippen LogP contribution in [0.3, 0.4) is 0 Å². The van der Waals surface area contributed by atoms with E-state index in [4.69, 9.17) is 24.3 Å². The maximum absolute atomic E-state index is 13.2. The molecule has 4 heterocycles. The molecule has 0 spiro atoms. The number of ether oxygens (including phenoxy) is 3. The van der Waals surface area contributed by atoms with Gasteiger partial charge in [0.25, 0.3) is 17.7 Å². The number of alkyl halides is 1. The van der Waals surface area contributed by atoms with Gasteiger partial charge >= 0.3 is 11.9 Å². The van der Waals surface area contributed by atoms with E-state index < -0.39 is 53.1 Å². The van der Waals surface area contributed by atoms with Gasteiger partial charge < -0.3 is 29.3 Å². The number of nitriles is 1. The van der Waals surface area contributed by atoms with E-state index in [9.17, 15) is 24.0 Å². The van der Waals surface area contributed by atoms with E-state index in [1.807, 2.05) is 19.1 Å². The highest BCUT2D eigenvalue weighted by atomic mass is 127. The number of carbonyl (C=O) groups excluding carboxylic acids is 5. The van der Waals surface area contributed by atoms with Gasteiger partial charge in [-0.05, 0) is 81.1 Å². The van der Waals surface area contributed by atoms with E-state index in [-0.39, 0.29) is 24.6 Å². The van der Waals surface area contributed by atoms with Gasteiger partial charge in [-0.2, -0.15) is 5.26 Å². The van der Waals surface area contributed by atoms with Crippen LogP contribution in [0, 0.1) is 18.4 Å². The average Bonchev–Trinajstić information content (AvgIpc) is 3.57. The normalized spacial score (nSPS) is 16.2. The maximum atomic E-state index is 13.2. The molecule has 2 aromatic heterocycles. The number of halogens is 1. The van der Waals surface area contributed by atoms with Gasteiger partial charge in [-0.15, -0.1) is 11.8 Å². The molecule has 296 valence electrons. The minimum Gasteiger partial charge on any atom is -0.497 e. The Morgan fingerprint density at radius 1 is 1.14 bits per heavy atom. The first kappa shape index (κ1) is 43.3. The highest BCUT2D eigenvalue weighted by molar-refractivity contribution is 14.1. The number of nitrogens with zero attached hydrogens (tertiary/aromatic N) is 4. The summed E-state index contributed by atoms with van der Waals surface area (Å²) in [5.41, 5.74) is 3.92. The van der Waals surface area contributed by atoms with Crippen molar-refractivity contribution >= 4 is 69.7 Å². The van der Waals surface area contributed by atoms with E-state index in [1.165, 1.54) is 16.7 Å². The second kappa shape index (κ2) is 20.0. The number of pyridine rings is 1. The first-order valence-corrected chi connectivity index (χ1v) is 19.8. The van der Waals surface area contributed by atoms with Crippen LogP contribution in [0.1, 0.15) is 55.7 Å². The summed E-state index contributed by atoms with van der Waals surface area (Å²) in [6.07, 6.45) is 6.32. The number of amides is 3. The van der Waals surface area contributed by atoms with Gasteiger partial charge in [-0.1, -0.05) is 39.9 Å². The van der Waals surface area contributed by atoms with Crippen molar-refractivity contribution in [3.8, 4) is 23.1 Å². The van der Waals surface area contributed by atoms with Gasteiger partial charge in [0, 0.05) is 34.3 Å². The van der Waals surface area contributed by atoms with Crippen LogP contribution in [0.2, 0.25) is 0 Å². The Hall–Kier alpha value is -5.42. The van der Waals surface area contributed by atoms with E-state index in [0.717, 1.165) is 27.8 Å². The molecule has 1 aromatic carbocycles. The van der Waals surface area contributed by atoms with Crippen LogP contribution >= 0.6 is 34.4 Å². The molecule has 1 fully saturated rings. The Kier molecular flexibility index (Phi) is 15.4. The van der Waals surface area contributed by atoms with Crippen molar-refractivity contribution in [3.63, 3.8) is 0 Å². The van der Waals surface area contributed by atoms with Crippen molar-refractivity contribution in [1.29, 1.82) is 5.26 Å². The van der Waals surface area contributed by atoms with Gasteiger partial charge in [0.15, 0.2) is 11.9 Å². The molecule has 2 atom stereocenters. The number of aromatic nitrogens is 2. The lowest BCUT2D eigenvalue weighted by Crippen LogP contribution is -2.71. The summed E-state index contributed by atoms with van der Waals surface area (Å²) in [5, 5.41) is 16.4. The fourth-order valence-corrected chi connectivity index (χ4v) is 7.77. The maximum Gasteiger partial charge on any atom is 0.355 e. The van der Waals surface area contributed by atoms with Crippen LogP contribution in [-0.4, -0.2) is 91.2 Å². The van der Waals surface area contributed by atoms with Crippen LogP contribution < -0.4 is 15.4 Å². The molecule has 2 aliphatic heterocycles. The Bertz CT molecular complexity index is 2020. The molecular weight excluding hydrogens is 857 g/mol. The zero-order chi connectivity index (χ0) is 41.0. The Labute approximate surface area is 341 Å². The number of thioether (sulfide) groups is 1. The number of nitrogens with one attached hydrogen (secondary N) is 3. The molecule has 0 aliphatic carbocycles. The molecule has 2 unspecified atom stereocenters. The summed E-state index contributed by atoms with van der Waals surface area (Å²) in [4.78, 5) is 76.3. The lowest BCUT2D eigenvalue weighted by Gasteiger charge is -2.49. The van der Waals surface area contributed by atoms with Crippen molar-refractivity contribution in [3.05, 3.63) is 83.1 Å². The first-order valence-electron chi connectivity index (χ1n) is 17.2. The smallest absolute Gasteiger partial charge is 0.355 e. The predicted octanol–water partition coefficient (Wildman–Crippen LogP) is 4.55. The quantitative estimate of drug-likeness (QED) is 0.0315. The number of rotatable bonds is 13. The van der Waals surface area contributed by atoms with Gasteiger partial charge in [-0.3, -0.25) is 34.4 Å². The van der Waals surface area contributed by atoms with Gasteiger partial charge in [-0.25, -0.2) is 4.79 Å². The summed E-state index contributed by atoms with van der Waals surface area (Å²) >= 11 is 3.58. The fourth-order valence-electron chi connectivity index (χ4n) is 5.42. The van der Waals surface area contributed by atoms with Crippen LogP contribution in [0.4, 0.5) is 0 Å². The number of benzene rings is 1. The fraction of sp³-hybridized carbons (Fsp3) is 0.368. The van der Waals surface area contributed by atoms with Crippen molar-refractivity contribution in [1.82, 2.24) is 25.5 Å². The number of H-pyrrole nitrogens is 1. The number of esters is 2. The van der Waals surface area contributed by atoms with Gasteiger partial charge in [0.2, 0.25) is 0 Å². The summed E-state index contributed by atoms with van der Waals surface area (Å²) in [7, 11) is 1.57. The average molecular weight is 900 g/mol. The Balaban J connectivity index is 0.000000339. The number of carbonyl (C=O) groups is 5. The highest BCUT2D eigenvalue weighted by Gasteiger charge is 2.54. The third-order valence-corrected chi connectivity index (χ3v) is 10.3. The molecule has 56 heavy (non-hydrogen) atoms. The first-order chi connectivity index (χ1) is 26.7. The van der Waals surface area contributed by atoms with E-state index >= 15 is 0 Å². The van der Waals surface area contributed by atoms with Crippen molar-refractivity contribution in [2.24, 2.45) is 5.16 Å². The zero-order valence-electron chi connectivity index (χ0n) is 31.6. The topological polar surface area (TPSA) is 214 Å². The van der Waals surface area contributed by atoms with E-state index in [1.54, 1.807) is 83.9 Å². The van der Waals surface area contributed by atoms with Crippen molar-refractivity contribution in [2.75, 3.05) is 23.9 Å². The number of oxime groups is 1. The molecular formula is C38H42IN7O9S. The number of hydrogen-bond acceptors (Lipinski definition) is 13. The minimum atomic E-state index is -0.909. The summed E-state index contributed by atoms with van der Waals surface area (Å²) in [6.45, 7) is 8.87. The number of hydrogen-bond donors (Lipinski definition) is 3. The monoisotopic (exact) mass is 899 g/mol. The van der Waals surface area contributed by atoms with Crippen LogP contribution in [0.5, 0.6) is 5.75 Å². The second-order valence-corrected chi connectivity index (χ2v) is 15.0. The SMILES string of the molecule is CCO/N=C(\CC(=O)OC(C)(C)C)C(=O)NC1C(=O)N2C(C(=O)OCc3ccc(OC)cc3)=C(CI)CSC12.Cc1c(-c2ccncc2)c[nH]c1C(=O)NC#N. The van der Waals surface area contributed by atoms with Gasteiger partial charge in [0.1, 0.15) is 47.4 Å². The molecule has 0 saturated carbocycles. The third kappa shape index (κ3) is 11.1. The molecule has 2 aliphatic rings. The molecule has 5 rings (SSSR count). The largest absolute Gasteiger partial charge is 0.497 e. The number of aromatic amines is 1. The van der Waals surface area contributed by atoms with Crippen LogP contribution in [-0.2, 0) is 40.1 Å². The third-order valence-electron chi connectivity index (χ3n) is 8.04. The van der Waals surface area contributed by atoms with Crippen LogP contribution in [0.25, 0.3) is 11.1 Å². The number of β-lactam (4-membered cyclic amide) rings is 1. The predicted molar refractivity (Wildman–Crippen MR) is 215 cm³/mol. The summed E-state index contributed by atoms with van der Waals surface area (Å²) < 4.78 is 16.5. The summed E-state index contributed by atoms with van der Waals surface area (Å²) in [6, 6.07) is 9.93. The molecule has 0 radical (unpaired) electrons. The zero-order valence-corrected chi connectivity index (χ0v) is 34.6.